The third-order valence-corrected chi connectivity index (χ3v) is 2.52. The molecule has 1 aromatic carbocycles. The Morgan fingerprint density at radius 1 is 1.47 bits per heavy atom. The van der Waals surface area contributed by atoms with Gasteiger partial charge in [-0.1, -0.05) is 0 Å². The molecular weight excluding hydrogens is 244 g/mol. The molecule has 1 atom stereocenters. The third kappa shape index (κ3) is 4.36. The van der Waals surface area contributed by atoms with Crippen molar-refractivity contribution in [2.75, 3.05) is 5.32 Å². The molecule has 0 saturated carbocycles. The van der Waals surface area contributed by atoms with Gasteiger partial charge in [0.15, 0.2) is 0 Å². The van der Waals surface area contributed by atoms with Crippen LogP contribution in [0.4, 0.5) is 10.5 Å². The van der Waals surface area contributed by atoms with Crippen LogP contribution in [0.5, 0.6) is 0 Å². The van der Waals surface area contributed by atoms with E-state index in [1.54, 1.807) is 26.0 Å². The van der Waals surface area contributed by atoms with Crippen molar-refractivity contribution in [3.05, 3.63) is 29.3 Å². The summed E-state index contributed by atoms with van der Waals surface area (Å²) in [5.74, 6) is 1.47. The van der Waals surface area contributed by atoms with E-state index in [9.17, 15) is 9.59 Å². The molecule has 0 aliphatic heterocycles. The summed E-state index contributed by atoms with van der Waals surface area (Å²) in [6.07, 6.45) is 5.59. The molecule has 0 heterocycles. The van der Waals surface area contributed by atoms with E-state index in [0.717, 1.165) is 0 Å². The first-order valence-corrected chi connectivity index (χ1v) is 5.79. The van der Waals surface area contributed by atoms with Gasteiger partial charge in [0.05, 0.1) is 5.56 Å². The van der Waals surface area contributed by atoms with Crippen molar-refractivity contribution >= 4 is 17.7 Å². The van der Waals surface area contributed by atoms with Crippen molar-refractivity contribution in [3.63, 3.8) is 0 Å². The highest BCUT2D eigenvalue weighted by Gasteiger charge is 2.09. The summed E-state index contributed by atoms with van der Waals surface area (Å²) in [6.45, 7) is 3.48. The highest BCUT2D eigenvalue weighted by Crippen LogP contribution is 2.15. The molecule has 0 spiro atoms. The molecule has 0 aliphatic rings. The van der Waals surface area contributed by atoms with E-state index in [0.29, 0.717) is 17.7 Å². The number of rotatable bonds is 4. The van der Waals surface area contributed by atoms with Crippen molar-refractivity contribution in [1.29, 1.82) is 0 Å². The van der Waals surface area contributed by atoms with Crippen LogP contribution in [0.25, 0.3) is 0 Å². The number of amides is 2. The fourth-order valence-electron chi connectivity index (χ4n) is 1.60. The molecule has 1 aromatic rings. The lowest BCUT2D eigenvalue weighted by Crippen LogP contribution is -2.35. The minimum Gasteiger partial charge on any atom is -0.478 e. The van der Waals surface area contributed by atoms with Crippen molar-refractivity contribution in [1.82, 2.24) is 5.32 Å². The Labute approximate surface area is 112 Å². The average Bonchev–Trinajstić information content (AvgIpc) is 2.28. The molecule has 1 unspecified atom stereocenters. The van der Waals surface area contributed by atoms with Gasteiger partial charge in [-0.05, 0) is 37.6 Å². The number of anilines is 1. The number of hydrogen-bond acceptors (Lipinski definition) is 2. The SMILES string of the molecule is C#CCC(C)NC(=O)Nc1ccc(C(=O)O)c(C)c1. The second-order valence-corrected chi connectivity index (χ2v) is 4.24. The largest absolute Gasteiger partial charge is 0.478 e. The number of hydrogen-bond donors (Lipinski definition) is 3. The molecule has 1 rings (SSSR count). The number of carbonyl (C=O) groups is 2. The van der Waals surface area contributed by atoms with Crippen LogP contribution in [0.15, 0.2) is 18.2 Å². The predicted molar refractivity (Wildman–Crippen MR) is 73.2 cm³/mol. The summed E-state index contributed by atoms with van der Waals surface area (Å²) >= 11 is 0. The van der Waals surface area contributed by atoms with E-state index in [1.165, 1.54) is 6.07 Å². The van der Waals surface area contributed by atoms with Crippen LogP contribution in [-0.2, 0) is 0 Å². The van der Waals surface area contributed by atoms with E-state index in [-0.39, 0.29) is 17.6 Å². The molecule has 0 radical (unpaired) electrons. The van der Waals surface area contributed by atoms with Gasteiger partial charge in [0.1, 0.15) is 0 Å². The smallest absolute Gasteiger partial charge is 0.335 e. The molecule has 3 N–H and O–H groups in total. The Balaban J connectivity index is 2.68. The zero-order valence-electron chi connectivity index (χ0n) is 10.9. The van der Waals surface area contributed by atoms with Crippen LogP contribution in [0.2, 0.25) is 0 Å². The molecule has 19 heavy (non-hydrogen) atoms. The number of aryl methyl sites for hydroxylation is 1. The number of nitrogens with one attached hydrogen (secondary N) is 2. The number of aromatic carboxylic acids is 1. The number of carboxylic acid groups (broad SMARTS) is 1. The molecule has 5 heteroatoms. The van der Waals surface area contributed by atoms with Gasteiger partial charge in [-0.25, -0.2) is 9.59 Å². The lowest BCUT2D eigenvalue weighted by molar-refractivity contribution is 0.0696. The first kappa shape index (κ1) is 14.6. The summed E-state index contributed by atoms with van der Waals surface area (Å²) in [7, 11) is 0. The lowest BCUT2D eigenvalue weighted by Gasteiger charge is -2.12. The van der Waals surface area contributed by atoms with E-state index >= 15 is 0 Å². The topological polar surface area (TPSA) is 78.4 Å². The van der Waals surface area contributed by atoms with Crippen LogP contribution in [-0.4, -0.2) is 23.1 Å². The van der Waals surface area contributed by atoms with Crippen LogP contribution >= 0.6 is 0 Å². The normalized spacial score (nSPS) is 11.2. The molecule has 2 amide bonds. The monoisotopic (exact) mass is 260 g/mol. The summed E-state index contributed by atoms with van der Waals surface area (Å²) in [5, 5.41) is 14.2. The molecule has 0 bridgehead atoms. The molecule has 0 saturated heterocycles. The average molecular weight is 260 g/mol. The molecule has 0 fully saturated rings. The number of carboxylic acids is 1. The molecule has 5 nitrogen and oxygen atoms in total. The fourth-order valence-corrected chi connectivity index (χ4v) is 1.60. The van der Waals surface area contributed by atoms with Gasteiger partial charge < -0.3 is 15.7 Å². The maximum Gasteiger partial charge on any atom is 0.335 e. The first-order valence-electron chi connectivity index (χ1n) is 5.79. The minimum atomic E-state index is -0.990. The second-order valence-electron chi connectivity index (χ2n) is 4.24. The third-order valence-electron chi connectivity index (χ3n) is 2.52. The summed E-state index contributed by atoms with van der Waals surface area (Å²) < 4.78 is 0. The number of carbonyl (C=O) groups excluding carboxylic acids is 1. The summed E-state index contributed by atoms with van der Waals surface area (Å²) in [4.78, 5) is 22.5. The van der Waals surface area contributed by atoms with Gasteiger partial charge in [0.2, 0.25) is 0 Å². The molecule has 100 valence electrons. The van der Waals surface area contributed by atoms with Crippen molar-refractivity contribution in [2.24, 2.45) is 0 Å². The van der Waals surface area contributed by atoms with Crippen molar-refractivity contribution < 1.29 is 14.7 Å². The van der Waals surface area contributed by atoms with E-state index in [1.807, 2.05) is 0 Å². The highest BCUT2D eigenvalue weighted by atomic mass is 16.4. The Bertz CT molecular complexity index is 532. The van der Waals surface area contributed by atoms with E-state index in [2.05, 4.69) is 16.6 Å². The molecule has 0 aliphatic carbocycles. The fraction of sp³-hybridized carbons (Fsp3) is 0.286. The zero-order chi connectivity index (χ0) is 14.4. The Morgan fingerprint density at radius 2 is 2.16 bits per heavy atom. The highest BCUT2D eigenvalue weighted by molar-refractivity contribution is 5.92. The molecular formula is C14H16N2O3. The zero-order valence-corrected chi connectivity index (χ0v) is 10.9. The number of urea groups is 1. The molecule has 0 aromatic heterocycles. The van der Waals surface area contributed by atoms with Gasteiger partial charge >= 0.3 is 12.0 Å². The second kappa shape index (κ2) is 6.45. The van der Waals surface area contributed by atoms with Crippen LogP contribution in [0.1, 0.15) is 29.3 Å². The number of terminal acetylenes is 1. The van der Waals surface area contributed by atoms with E-state index < -0.39 is 5.97 Å². The van der Waals surface area contributed by atoms with Gasteiger partial charge in [-0.3, -0.25) is 0 Å². The van der Waals surface area contributed by atoms with Crippen LogP contribution in [0, 0.1) is 19.3 Å². The van der Waals surface area contributed by atoms with Gasteiger partial charge in [0.25, 0.3) is 0 Å². The predicted octanol–water partition coefficient (Wildman–Crippen LogP) is 2.23. The van der Waals surface area contributed by atoms with Crippen molar-refractivity contribution in [2.45, 2.75) is 26.3 Å². The summed E-state index contributed by atoms with van der Waals surface area (Å²) in [5.41, 5.74) is 1.33. The Hall–Kier alpha value is -2.48. The minimum absolute atomic E-state index is 0.121. The van der Waals surface area contributed by atoms with Gasteiger partial charge in [-0.2, -0.15) is 0 Å². The Kier molecular flexibility index (Phi) is 4.95. The van der Waals surface area contributed by atoms with Crippen LogP contribution < -0.4 is 10.6 Å². The first-order chi connectivity index (χ1) is 8.93. The number of benzene rings is 1. The van der Waals surface area contributed by atoms with Gasteiger partial charge in [0, 0.05) is 18.2 Å². The lowest BCUT2D eigenvalue weighted by atomic mass is 10.1. The maximum absolute atomic E-state index is 11.6. The standard InChI is InChI=1S/C14H16N2O3/c1-4-5-10(3)15-14(19)16-11-6-7-12(13(17)18)9(2)8-11/h1,6-8,10H,5H2,2-3H3,(H,17,18)(H2,15,16,19). The maximum atomic E-state index is 11.6. The van der Waals surface area contributed by atoms with Gasteiger partial charge in [-0.15, -0.1) is 12.3 Å². The van der Waals surface area contributed by atoms with Crippen LogP contribution in [0.3, 0.4) is 0 Å². The van der Waals surface area contributed by atoms with E-state index in [4.69, 9.17) is 11.5 Å². The summed E-state index contributed by atoms with van der Waals surface area (Å²) in [6, 6.07) is 4.11. The van der Waals surface area contributed by atoms with Crippen molar-refractivity contribution in [3.8, 4) is 12.3 Å². The Morgan fingerprint density at radius 3 is 2.68 bits per heavy atom. The quantitative estimate of drug-likeness (QED) is 0.726.